The van der Waals surface area contributed by atoms with E-state index in [0.29, 0.717) is 6.04 Å². The monoisotopic (exact) mass is 243 g/mol. The van der Waals surface area contributed by atoms with E-state index in [1.165, 1.54) is 50.6 Å². The minimum atomic E-state index is 0.616. The Hall–Kier alpha value is -0.820. The van der Waals surface area contributed by atoms with Gasteiger partial charge in [-0.2, -0.15) is 0 Å². The Kier molecular flexibility index (Phi) is 3.69. The molecule has 98 valence electrons. The molecule has 1 aliphatic carbocycles. The summed E-state index contributed by atoms with van der Waals surface area (Å²) in [6.45, 7) is 3.58. The van der Waals surface area contributed by atoms with Gasteiger partial charge in [-0.15, -0.1) is 0 Å². The Balaban J connectivity index is 1.67. The summed E-state index contributed by atoms with van der Waals surface area (Å²) in [6, 6.07) is 10.1. The molecule has 1 atom stereocenters. The summed E-state index contributed by atoms with van der Waals surface area (Å²) in [5.41, 5.74) is 3.06. The summed E-state index contributed by atoms with van der Waals surface area (Å²) in [6.07, 6.45) is 8.24. The van der Waals surface area contributed by atoms with Gasteiger partial charge in [-0.05, 0) is 55.2 Å². The zero-order chi connectivity index (χ0) is 12.4. The van der Waals surface area contributed by atoms with Gasteiger partial charge in [0.2, 0.25) is 0 Å². The van der Waals surface area contributed by atoms with Crippen LogP contribution in [0.1, 0.15) is 68.5 Å². The van der Waals surface area contributed by atoms with Crippen molar-refractivity contribution in [3.05, 3.63) is 35.4 Å². The fraction of sp³-hybridized carbons (Fsp3) is 0.647. The van der Waals surface area contributed by atoms with Crippen molar-refractivity contribution in [3.63, 3.8) is 0 Å². The first-order chi connectivity index (χ1) is 8.83. The van der Waals surface area contributed by atoms with Crippen LogP contribution in [0.25, 0.3) is 0 Å². The number of hydrogen-bond donors (Lipinski definition) is 1. The Morgan fingerprint density at radius 1 is 0.889 bits per heavy atom. The Labute approximate surface area is 111 Å². The second-order valence-corrected chi connectivity index (χ2v) is 6.27. The number of benzene rings is 1. The molecule has 1 aromatic rings. The fourth-order valence-corrected chi connectivity index (χ4v) is 3.56. The molecule has 1 N–H and O–H groups in total. The van der Waals surface area contributed by atoms with Crippen molar-refractivity contribution in [2.45, 2.75) is 57.4 Å². The van der Waals surface area contributed by atoms with Crippen molar-refractivity contribution in [2.75, 3.05) is 6.54 Å². The Morgan fingerprint density at radius 3 is 2.17 bits per heavy atom. The Bertz CT molecular complexity index is 367. The zero-order valence-electron chi connectivity index (χ0n) is 11.5. The molecule has 2 aliphatic rings. The van der Waals surface area contributed by atoms with Crippen molar-refractivity contribution >= 4 is 0 Å². The van der Waals surface area contributed by atoms with Crippen LogP contribution in [-0.4, -0.2) is 6.54 Å². The van der Waals surface area contributed by atoms with Gasteiger partial charge in [-0.1, -0.05) is 44.0 Å². The van der Waals surface area contributed by atoms with Crippen molar-refractivity contribution in [3.8, 4) is 0 Å². The largest absolute Gasteiger partial charge is 0.310 e. The van der Waals surface area contributed by atoms with Gasteiger partial charge in [0.15, 0.2) is 0 Å². The van der Waals surface area contributed by atoms with Gasteiger partial charge in [-0.25, -0.2) is 0 Å². The van der Waals surface area contributed by atoms with E-state index in [1.807, 2.05) is 0 Å². The van der Waals surface area contributed by atoms with Crippen LogP contribution >= 0.6 is 0 Å². The smallest absolute Gasteiger partial charge is 0.0320 e. The van der Waals surface area contributed by atoms with Crippen LogP contribution in [0.4, 0.5) is 0 Å². The molecule has 1 aromatic carbocycles. The lowest BCUT2D eigenvalue weighted by molar-refractivity contribution is 0.348. The highest BCUT2D eigenvalue weighted by atomic mass is 14.9. The van der Waals surface area contributed by atoms with E-state index in [4.69, 9.17) is 0 Å². The second-order valence-electron chi connectivity index (χ2n) is 6.27. The summed E-state index contributed by atoms with van der Waals surface area (Å²) >= 11 is 0. The van der Waals surface area contributed by atoms with Crippen LogP contribution in [0, 0.1) is 5.92 Å². The van der Waals surface area contributed by atoms with Crippen molar-refractivity contribution in [1.82, 2.24) is 5.32 Å². The van der Waals surface area contributed by atoms with Crippen LogP contribution < -0.4 is 5.32 Å². The summed E-state index contributed by atoms with van der Waals surface area (Å²) < 4.78 is 0. The number of rotatable bonds is 2. The third kappa shape index (κ3) is 2.61. The van der Waals surface area contributed by atoms with Gasteiger partial charge in [0.1, 0.15) is 0 Å². The normalized spacial score (nSPS) is 32.6. The first kappa shape index (κ1) is 12.2. The van der Waals surface area contributed by atoms with Crippen LogP contribution in [-0.2, 0) is 0 Å². The molecule has 18 heavy (non-hydrogen) atoms. The molecular weight excluding hydrogens is 218 g/mol. The van der Waals surface area contributed by atoms with Crippen molar-refractivity contribution in [2.24, 2.45) is 5.92 Å². The van der Waals surface area contributed by atoms with E-state index in [0.717, 1.165) is 11.8 Å². The SMILES string of the molecule is CC1CCC(c2ccc(C3CCCN3)cc2)CC1. The minimum Gasteiger partial charge on any atom is -0.310 e. The molecule has 0 radical (unpaired) electrons. The van der Waals surface area contributed by atoms with Gasteiger partial charge in [-0.3, -0.25) is 0 Å². The van der Waals surface area contributed by atoms with E-state index >= 15 is 0 Å². The summed E-state index contributed by atoms with van der Waals surface area (Å²) in [5, 5.41) is 3.58. The van der Waals surface area contributed by atoms with Crippen LogP contribution in [0.3, 0.4) is 0 Å². The lowest BCUT2D eigenvalue weighted by Crippen LogP contribution is -2.13. The van der Waals surface area contributed by atoms with Crippen molar-refractivity contribution in [1.29, 1.82) is 0 Å². The maximum Gasteiger partial charge on any atom is 0.0320 e. The molecule has 0 aromatic heterocycles. The molecule has 0 amide bonds. The van der Waals surface area contributed by atoms with Gasteiger partial charge >= 0.3 is 0 Å². The third-order valence-electron chi connectivity index (χ3n) is 4.89. The highest BCUT2D eigenvalue weighted by molar-refractivity contribution is 5.28. The van der Waals surface area contributed by atoms with Gasteiger partial charge in [0, 0.05) is 6.04 Å². The summed E-state index contributed by atoms with van der Waals surface area (Å²) in [5.74, 6) is 1.77. The lowest BCUT2D eigenvalue weighted by Gasteiger charge is -2.26. The standard InChI is InChI=1S/C17H25N/c1-13-4-6-14(7-5-13)15-8-10-16(11-9-15)17-3-2-12-18-17/h8-11,13-14,17-18H,2-7,12H2,1H3. The highest BCUT2D eigenvalue weighted by Gasteiger charge is 2.20. The minimum absolute atomic E-state index is 0.616. The van der Waals surface area contributed by atoms with Crippen molar-refractivity contribution < 1.29 is 0 Å². The lowest BCUT2D eigenvalue weighted by atomic mass is 9.79. The first-order valence-electron chi connectivity index (χ1n) is 7.66. The molecular formula is C17H25N. The molecule has 1 heteroatoms. The topological polar surface area (TPSA) is 12.0 Å². The van der Waals surface area contributed by atoms with Crippen LogP contribution in [0.15, 0.2) is 24.3 Å². The van der Waals surface area contributed by atoms with E-state index in [9.17, 15) is 0 Å². The van der Waals surface area contributed by atoms with E-state index in [1.54, 1.807) is 5.56 Å². The molecule has 1 heterocycles. The van der Waals surface area contributed by atoms with E-state index in [2.05, 4.69) is 36.5 Å². The maximum atomic E-state index is 3.58. The molecule has 2 fully saturated rings. The molecule has 3 rings (SSSR count). The molecule has 0 spiro atoms. The van der Waals surface area contributed by atoms with Gasteiger partial charge in [0.25, 0.3) is 0 Å². The first-order valence-corrected chi connectivity index (χ1v) is 7.66. The highest BCUT2D eigenvalue weighted by Crippen LogP contribution is 2.36. The predicted molar refractivity (Wildman–Crippen MR) is 76.8 cm³/mol. The van der Waals surface area contributed by atoms with Gasteiger partial charge in [0.05, 0.1) is 0 Å². The summed E-state index contributed by atoms with van der Waals surface area (Å²) in [7, 11) is 0. The average molecular weight is 243 g/mol. The fourth-order valence-electron chi connectivity index (χ4n) is 3.56. The molecule has 0 bridgehead atoms. The molecule has 1 saturated heterocycles. The van der Waals surface area contributed by atoms with E-state index < -0.39 is 0 Å². The summed E-state index contributed by atoms with van der Waals surface area (Å²) in [4.78, 5) is 0. The Morgan fingerprint density at radius 2 is 1.56 bits per heavy atom. The zero-order valence-corrected chi connectivity index (χ0v) is 11.5. The van der Waals surface area contributed by atoms with Crippen LogP contribution in [0.5, 0.6) is 0 Å². The van der Waals surface area contributed by atoms with E-state index in [-0.39, 0.29) is 0 Å². The molecule has 1 unspecified atom stereocenters. The maximum absolute atomic E-state index is 3.58. The van der Waals surface area contributed by atoms with Crippen LogP contribution in [0.2, 0.25) is 0 Å². The quantitative estimate of drug-likeness (QED) is 0.811. The molecule has 1 saturated carbocycles. The predicted octanol–water partition coefficient (Wildman–Crippen LogP) is 4.40. The third-order valence-corrected chi connectivity index (χ3v) is 4.89. The van der Waals surface area contributed by atoms with Gasteiger partial charge < -0.3 is 5.32 Å². The average Bonchev–Trinajstić information content (AvgIpc) is 2.94. The number of nitrogens with one attached hydrogen (secondary N) is 1. The second kappa shape index (κ2) is 5.44. The molecule has 1 aliphatic heterocycles. The number of hydrogen-bond acceptors (Lipinski definition) is 1. The molecule has 1 nitrogen and oxygen atoms in total.